The monoisotopic (exact) mass is 416 g/mol. The molecule has 2 aromatic rings. The van der Waals surface area contributed by atoms with Crippen LogP contribution >= 0.6 is 23.4 Å². The summed E-state index contributed by atoms with van der Waals surface area (Å²) in [5.41, 5.74) is -1.24. The highest BCUT2D eigenvalue weighted by Gasteiger charge is 2.39. The van der Waals surface area contributed by atoms with E-state index in [0.29, 0.717) is 5.75 Å². The number of amides is 1. The summed E-state index contributed by atoms with van der Waals surface area (Å²) < 4.78 is 40.0. The van der Waals surface area contributed by atoms with E-state index in [1.807, 2.05) is 0 Å². The highest BCUT2D eigenvalue weighted by molar-refractivity contribution is 7.99. The first kappa shape index (κ1) is 19.5. The lowest BCUT2D eigenvalue weighted by atomic mass is 10.1. The van der Waals surface area contributed by atoms with Crippen LogP contribution in [0.15, 0.2) is 42.5 Å². The first-order valence-electron chi connectivity index (χ1n) is 7.73. The summed E-state index contributed by atoms with van der Waals surface area (Å²) in [6.45, 7) is 0.233. The van der Waals surface area contributed by atoms with Crippen molar-refractivity contribution in [3.63, 3.8) is 0 Å². The molecule has 0 aliphatic carbocycles. The van der Waals surface area contributed by atoms with Crippen molar-refractivity contribution in [1.82, 2.24) is 4.90 Å². The fourth-order valence-electron chi connectivity index (χ4n) is 2.86. The van der Waals surface area contributed by atoms with Crippen molar-refractivity contribution in [2.24, 2.45) is 0 Å². The zero-order chi connectivity index (χ0) is 19.8. The van der Waals surface area contributed by atoms with Crippen molar-refractivity contribution >= 4 is 35.0 Å². The SMILES string of the molecule is O=C(c1ccc(Cl)c([N+](=O)[O-])c1)N1CCSC1c1ccccc1C(F)(F)F. The molecule has 142 valence electrons. The second-order valence-corrected chi connectivity index (χ2v) is 7.33. The molecule has 0 spiro atoms. The van der Waals surface area contributed by atoms with Gasteiger partial charge >= 0.3 is 6.18 Å². The molecule has 1 atom stereocenters. The summed E-state index contributed by atoms with van der Waals surface area (Å²) in [7, 11) is 0. The average molecular weight is 417 g/mol. The predicted octanol–water partition coefficient (Wildman–Crippen LogP) is 5.15. The van der Waals surface area contributed by atoms with E-state index in [9.17, 15) is 28.1 Å². The molecule has 1 amide bonds. The van der Waals surface area contributed by atoms with Gasteiger partial charge in [0.2, 0.25) is 0 Å². The molecule has 0 saturated carbocycles. The number of halogens is 4. The van der Waals surface area contributed by atoms with Crippen LogP contribution in [0.2, 0.25) is 5.02 Å². The molecular weight excluding hydrogens is 405 g/mol. The number of nitro groups is 1. The van der Waals surface area contributed by atoms with Crippen LogP contribution in [0.25, 0.3) is 0 Å². The van der Waals surface area contributed by atoms with Gasteiger partial charge in [0.05, 0.1) is 10.5 Å². The van der Waals surface area contributed by atoms with Gasteiger partial charge in [-0.3, -0.25) is 14.9 Å². The van der Waals surface area contributed by atoms with E-state index in [1.54, 1.807) is 0 Å². The number of alkyl halides is 3. The Hall–Kier alpha value is -2.26. The van der Waals surface area contributed by atoms with E-state index < -0.39 is 33.6 Å². The third-order valence-electron chi connectivity index (χ3n) is 4.07. The fraction of sp³-hybridized carbons (Fsp3) is 0.235. The summed E-state index contributed by atoms with van der Waals surface area (Å²) in [6, 6.07) is 8.70. The normalized spacial score (nSPS) is 17.2. The molecule has 0 bridgehead atoms. The van der Waals surface area contributed by atoms with Gasteiger partial charge < -0.3 is 4.90 Å². The van der Waals surface area contributed by atoms with Gasteiger partial charge in [-0.15, -0.1) is 11.8 Å². The minimum atomic E-state index is -4.55. The summed E-state index contributed by atoms with van der Waals surface area (Å²) in [5, 5.41) is 10.1. The Morgan fingerprint density at radius 1 is 1.26 bits per heavy atom. The third-order valence-corrected chi connectivity index (χ3v) is 5.64. The number of nitro benzene ring substituents is 1. The number of thioether (sulfide) groups is 1. The smallest absolute Gasteiger partial charge is 0.322 e. The summed E-state index contributed by atoms with van der Waals surface area (Å²) >= 11 is 6.97. The van der Waals surface area contributed by atoms with Crippen molar-refractivity contribution in [3.8, 4) is 0 Å². The maximum atomic E-state index is 13.3. The molecule has 1 heterocycles. The molecule has 5 nitrogen and oxygen atoms in total. The lowest BCUT2D eigenvalue weighted by Gasteiger charge is -2.26. The van der Waals surface area contributed by atoms with E-state index >= 15 is 0 Å². The lowest BCUT2D eigenvalue weighted by Crippen LogP contribution is -2.31. The Bertz CT molecular complexity index is 907. The van der Waals surface area contributed by atoms with Crippen molar-refractivity contribution in [2.75, 3.05) is 12.3 Å². The molecule has 1 unspecified atom stereocenters. The molecule has 3 rings (SSSR count). The van der Waals surface area contributed by atoms with E-state index in [1.165, 1.54) is 47.0 Å². The van der Waals surface area contributed by atoms with Crippen LogP contribution in [-0.2, 0) is 6.18 Å². The maximum absolute atomic E-state index is 13.3. The van der Waals surface area contributed by atoms with E-state index in [-0.39, 0.29) is 22.7 Å². The van der Waals surface area contributed by atoms with Crippen LogP contribution in [0.3, 0.4) is 0 Å². The number of hydrogen-bond donors (Lipinski definition) is 0. The quantitative estimate of drug-likeness (QED) is 0.512. The second-order valence-electron chi connectivity index (χ2n) is 5.73. The van der Waals surface area contributed by atoms with Crippen molar-refractivity contribution in [1.29, 1.82) is 0 Å². The number of carbonyl (C=O) groups excluding carboxylic acids is 1. The molecular formula is C17H12ClF3N2O3S. The first-order chi connectivity index (χ1) is 12.7. The fourth-order valence-corrected chi connectivity index (χ4v) is 4.34. The van der Waals surface area contributed by atoms with Gasteiger partial charge in [0.1, 0.15) is 10.4 Å². The second kappa shape index (κ2) is 7.40. The van der Waals surface area contributed by atoms with Crippen molar-refractivity contribution in [2.45, 2.75) is 11.6 Å². The Morgan fingerprint density at radius 3 is 2.63 bits per heavy atom. The topological polar surface area (TPSA) is 63.4 Å². The average Bonchev–Trinajstić information content (AvgIpc) is 3.10. The van der Waals surface area contributed by atoms with Gasteiger partial charge in [0, 0.05) is 23.9 Å². The lowest BCUT2D eigenvalue weighted by molar-refractivity contribution is -0.384. The minimum Gasteiger partial charge on any atom is -0.322 e. The highest BCUT2D eigenvalue weighted by atomic mass is 35.5. The molecule has 1 fully saturated rings. The molecule has 0 radical (unpaired) electrons. The zero-order valence-corrected chi connectivity index (χ0v) is 15.1. The molecule has 0 aromatic heterocycles. The molecule has 2 aromatic carbocycles. The summed E-state index contributed by atoms with van der Waals surface area (Å²) in [6.07, 6.45) is -4.55. The first-order valence-corrected chi connectivity index (χ1v) is 9.15. The number of hydrogen-bond acceptors (Lipinski definition) is 4. The van der Waals surface area contributed by atoms with Crippen molar-refractivity contribution in [3.05, 3.63) is 74.3 Å². The Morgan fingerprint density at radius 2 is 1.96 bits per heavy atom. The number of benzene rings is 2. The Kier molecular flexibility index (Phi) is 5.34. The van der Waals surface area contributed by atoms with Gasteiger partial charge in [-0.1, -0.05) is 29.8 Å². The van der Waals surface area contributed by atoms with Crippen LogP contribution in [0, 0.1) is 10.1 Å². The summed E-state index contributed by atoms with van der Waals surface area (Å²) in [4.78, 5) is 24.4. The van der Waals surface area contributed by atoms with Gasteiger partial charge in [0.25, 0.3) is 11.6 Å². The number of nitrogens with zero attached hydrogens (tertiary/aromatic N) is 2. The molecule has 10 heteroatoms. The molecule has 0 N–H and O–H groups in total. The predicted molar refractivity (Wildman–Crippen MR) is 95.8 cm³/mol. The molecule has 1 aliphatic heterocycles. The largest absolute Gasteiger partial charge is 0.416 e. The maximum Gasteiger partial charge on any atom is 0.416 e. The van der Waals surface area contributed by atoms with Crippen LogP contribution in [0.4, 0.5) is 18.9 Å². The molecule has 27 heavy (non-hydrogen) atoms. The van der Waals surface area contributed by atoms with Gasteiger partial charge in [-0.05, 0) is 23.8 Å². The van der Waals surface area contributed by atoms with Gasteiger partial charge in [-0.2, -0.15) is 13.2 Å². The Labute approximate surface area is 161 Å². The number of carbonyl (C=O) groups is 1. The van der Waals surface area contributed by atoms with Gasteiger partial charge in [-0.25, -0.2) is 0 Å². The van der Waals surface area contributed by atoms with Crippen LogP contribution < -0.4 is 0 Å². The van der Waals surface area contributed by atoms with E-state index in [0.717, 1.165) is 12.1 Å². The van der Waals surface area contributed by atoms with Crippen LogP contribution in [0.5, 0.6) is 0 Å². The molecule has 1 aliphatic rings. The standard InChI is InChI=1S/C17H12ClF3N2O3S/c18-13-6-5-10(9-14(13)23(25)26)15(24)22-7-8-27-16(22)11-3-1-2-4-12(11)17(19,20)21/h1-6,9,16H,7-8H2. The number of rotatable bonds is 3. The third kappa shape index (κ3) is 3.89. The summed E-state index contributed by atoms with van der Waals surface area (Å²) in [5.74, 6) is -0.125. The zero-order valence-electron chi connectivity index (χ0n) is 13.6. The van der Waals surface area contributed by atoms with E-state index in [4.69, 9.17) is 11.6 Å². The van der Waals surface area contributed by atoms with Crippen LogP contribution in [-0.4, -0.2) is 28.0 Å². The highest BCUT2D eigenvalue weighted by Crippen LogP contribution is 2.44. The van der Waals surface area contributed by atoms with Crippen molar-refractivity contribution < 1.29 is 22.9 Å². The van der Waals surface area contributed by atoms with Gasteiger partial charge in [0.15, 0.2) is 0 Å². The van der Waals surface area contributed by atoms with Crippen LogP contribution in [0.1, 0.15) is 26.9 Å². The van der Waals surface area contributed by atoms with E-state index in [2.05, 4.69) is 0 Å². The molecule has 1 saturated heterocycles. The minimum absolute atomic E-state index is 0.00286. The Balaban J connectivity index is 1.98.